The van der Waals surface area contributed by atoms with E-state index in [4.69, 9.17) is 25.5 Å². The topological polar surface area (TPSA) is 131 Å². The Hall–Kier alpha value is -0.280. The van der Waals surface area contributed by atoms with Crippen molar-refractivity contribution in [2.45, 2.75) is 31.0 Å². The van der Waals surface area contributed by atoms with Crippen LogP contribution in [0.25, 0.3) is 0 Å². The average Bonchev–Trinajstić information content (AvgIpc) is 2.45. The summed E-state index contributed by atoms with van der Waals surface area (Å²) in [5, 5.41) is 52.2. The number of hydrogen-bond acceptors (Lipinski definition) is 7. The van der Waals surface area contributed by atoms with Crippen LogP contribution in [-0.4, -0.2) is 74.6 Å². The van der Waals surface area contributed by atoms with E-state index in [1.807, 2.05) is 0 Å². The first-order valence-corrected chi connectivity index (χ1v) is 4.55. The fourth-order valence-corrected chi connectivity index (χ4v) is 1.15. The van der Waals surface area contributed by atoms with Crippen LogP contribution in [-0.2, 0) is 4.74 Å². The van der Waals surface area contributed by atoms with Crippen LogP contribution in [0, 0.1) is 0 Å². The van der Waals surface area contributed by atoms with Gasteiger partial charge in [-0.05, 0) is 6.92 Å². The van der Waals surface area contributed by atoms with Crippen LogP contribution < -0.4 is 0 Å². The van der Waals surface area contributed by atoms with Gasteiger partial charge in [-0.3, -0.25) is 0 Å². The quantitative estimate of drug-likeness (QED) is 0.292. The lowest BCUT2D eigenvalue weighted by atomic mass is 10.1. The second-order valence-corrected chi connectivity index (χ2v) is 3.09. The van der Waals surface area contributed by atoms with Gasteiger partial charge in [0.05, 0.1) is 13.2 Å². The zero-order valence-electron chi connectivity index (χ0n) is 8.44. The van der Waals surface area contributed by atoms with E-state index in [0.717, 1.165) is 0 Å². The summed E-state index contributed by atoms with van der Waals surface area (Å²) in [4.78, 5) is 0. The van der Waals surface area contributed by atoms with Crippen molar-refractivity contribution >= 4 is 0 Å². The zero-order valence-corrected chi connectivity index (χ0v) is 8.44. The third-order valence-electron chi connectivity index (χ3n) is 1.93. The monoisotopic (exact) mass is 226 g/mol. The van der Waals surface area contributed by atoms with Crippen LogP contribution in [0.1, 0.15) is 6.92 Å². The maximum atomic E-state index is 9.25. The molecule has 4 atom stereocenters. The third-order valence-corrected chi connectivity index (χ3v) is 1.93. The van der Waals surface area contributed by atoms with Gasteiger partial charge in [0.1, 0.15) is 18.3 Å². The van der Waals surface area contributed by atoms with Gasteiger partial charge in [0.15, 0.2) is 0 Å². The van der Waals surface area contributed by atoms with Crippen molar-refractivity contribution in [3.05, 3.63) is 0 Å². The van der Waals surface area contributed by atoms with Gasteiger partial charge in [-0.25, -0.2) is 0 Å². The molecule has 0 aromatic heterocycles. The van der Waals surface area contributed by atoms with Crippen molar-refractivity contribution in [2.75, 3.05) is 19.8 Å². The van der Waals surface area contributed by atoms with Crippen molar-refractivity contribution in [3.63, 3.8) is 0 Å². The maximum absolute atomic E-state index is 9.25. The Labute approximate surface area is 87.2 Å². The number of aliphatic hydroxyl groups is 6. The van der Waals surface area contributed by atoms with E-state index in [-0.39, 0.29) is 6.61 Å². The molecule has 1 aliphatic heterocycles. The Morgan fingerprint density at radius 1 is 1.20 bits per heavy atom. The van der Waals surface area contributed by atoms with Gasteiger partial charge in [0, 0.05) is 6.61 Å². The van der Waals surface area contributed by atoms with Crippen molar-refractivity contribution in [3.8, 4) is 0 Å². The van der Waals surface area contributed by atoms with Crippen LogP contribution >= 0.6 is 0 Å². The molecule has 0 bridgehead atoms. The Morgan fingerprint density at radius 2 is 1.67 bits per heavy atom. The van der Waals surface area contributed by atoms with Crippen LogP contribution in [0.5, 0.6) is 0 Å². The van der Waals surface area contributed by atoms with E-state index >= 15 is 0 Å². The smallest absolute Gasteiger partial charge is 0.219 e. The van der Waals surface area contributed by atoms with Gasteiger partial charge in [-0.2, -0.15) is 0 Å². The lowest BCUT2D eigenvalue weighted by Crippen LogP contribution is -2.46. The molecule has 7 nitrogen and oxygen atoms in total. The van der Waals surface area contributed by atoms with Gasteiger partial charge < -0.3 is 35.4 Å². The zero-order chi connectivity index (χ0) is 12.1. The fraction of sp³-hybridized carbons (Fsp3) is 1.00. The van der Waals surface area contributed by atoms with E-state index in [1.54, 1.807) is 6.92 Å². The SMILES string of the molecule is CCO.OC[C@H]1OC(O)(CO)[C@@H](O)[C@@H]1O. The van der Waals surface area contributed by atoms with Gasteiger partial charge >= 0.3 is 0 Å². The van der Waals surface area contributed by atoms with Crippen molar-refractivity contribution in [1.29, 1.82) is 0 Å². The van der Waals surface area contributed by atoms with Gasteiger partial charge in [0.2, 0.25) is 5.79 Å². The van der Waals surface area contributed by atoms with E-state index in [9.17, 15) is 5.11 Å². The lowest BCUT2D eigenvalue weighted by molar-refractivity contribution is -0.248. The predicted molar refractivity (Wildman–Crippen MR) is 48.8 cm³/mol. The van der Waals surface area contributed by atoms with Gasteiger partial charge in [-0.1, -0.05) is 0 Å². The fourth-order valence-electron chi connectivity index (χ4n) is 1.15. The number of rotatable bonds is 2. The molecule has 0 aromatic carbocycles. The molecule has 1 saturated heterocycles. The standard InChI is InChI=1S/C6H12O6.C2H6O/c7-1-3-4(9)5(10)6(11,2-8)12-3;1-2-3/h3-5,7-11H,1-2H2;3H,2H2,1H3/t3-,4-,5+,6?;/m1./s1. The first-order valence-electron chi connectivity index (χ1n) is 4.55. The summed E-state index contributed by atoms with van der Waals surface area (Å²) in [6, 6.07) is 0. The minimum absolute atomic E-state index is 0.250. The highest BCUT2D eigenvalue weighted by atomic mass is 16.7. The predicted octanol–water partition coefficient (Wildman–Crippen LogP) is -3.22. The molecule has 0 saturated carbocycles. The molecule has 1 unspecified atom stereocenters. The second-order valence-electron chi connectivity index (χ2n) is 3.09. The Kier molecular flexibility index (Phi) is 6.22. The van der Waals surface area contributed by atoms with Crippen molar-refractivity contribution < 1.29 is 35.4 Å². The lowest BCUT2D eigenvalue weighted by Gasteiger charge is -2.22. The second kappa shape index (κ2) is 6.33. The minimum atomic E-state index is -2.16. The van der Waals surface area contributed by atoms with Crippen molar-refractivity contribution in [1.82, 2.24) is 0 Å². The molecule has 0 radical (unpaired) electrons. The van der Waals surface area contributed by atoms with Crippen LogP contribution in [0.15, 0.2) is 0 Å². The molecule has 0 aliphatic carbocycles. The first kappa shape index (κ1) is 14.7. The average molecular weight is 226 g/mol. The van der Waals surface area contributed by atoms with Gasteiger partial charge in [0.25, 0.3) is 0 Å². The van der Waals surface area contributed by atoms with E-state index < -0.39 is 37.3 Å². The molecule has 0 amide bonds. The van der Waals surface area contributed by atoms with Crippen molar-refractivity contribution in [2.24, 2.45) is 0 Å². The Balaban J connectivity index is 0.000000583. The molecule has 0 spiro atoms. The van der Waals surface area contributed by atoms with Crippen LogP contribution in [0.2, 0.25) is 0 Å². The highest BCUT2D eigenvalue weighted by Crippen LogP contribution is 2.28. The number of aliphatic hydroxyl groups excluding tert-OH is 5. The summed E-state index contributed by atoms with van der Waals surface area (Å²) in [6.45, 7) is 0.572. The molecule has 7 heteroatoms. The summed E-state index contributed by atoms with van der Waals surface area (Å²) >= 11 is 0. The molecule has 15 heavy (non-hydrogen) atoms. The molecule has 92 valence electrons. The highest BCUT2D eigenvalue weighted by molar-refractivity contribution is 4.94. The molecule has 1 heterocycles. The normalized spacial score (nSPS) is 39.8. The summed E-state index contributed by atoms with van der Waals surface area (Å²) in [5.41, 5.74) is 0. The van der Waals surface area contributed by atoms with Gasteiger partial charge in [-0.15, -0.1) is 0 Å². The Bertz CT molecular complexity index is 176. The highest BCUT2D eigenvalue weighted by Gasteiger charge is 2.52. The molecule has 6 N–H and O–H groups in total. The van der Waals surface area contributed by atoms with Crippen LogP contribution in [0.3, 0.4) is 0 Å². The molecule has 1 rings (SSSR count). The Morgan fingerprint density at radius 3 is 1.87 bits per heavy atom. The van der Waals surface area contributed by atoms with Crippen LogP contribution in [0.4, 0.5) is 0 Å². The van der Waals surface area contributed by atoms with E-state index in [2.05, 4.69) is 4.74 Å². The summed E-state index contributed by atoms with van der Waals surface area (Å²) in [6.07, 6.45) is -4.04. The van der Waals surface area contributed by atoms with E-state index in [0.29, 0.717) is 0 Å². The largest absolute Gasteiger partial charge is 0.397 e. The first-order chi connectivity index (χ1) is 6.96. The molecular weight excluding hydrogens is 208 g/mol. The summed E-state index contributed by atoms with van der Waals surface area (Å²) in [7, 11) is 0. The molecule has 1 aliphatic rings. The van der Waals surface area contributed by atoms with E-state index in [1.165, 1.54) is 0 Å². The number of hydrogen-bond donors (Lipinski definition) is 6. The molecular formula is C8H18O7. The molecule has 1 fully saturated rings. The third kappa shape index (κ3) is 3.35. The molecule has 0 aromatic rings. The summed E-state index contributed by atoms with van der Waals surface area (Å²) < 4.78 is 4.63. The number of ether oxygens (including phenoxy) is 1. The minimum Gasteiger partial charge on any atom is -0.397 e. The summed E-state index contributed by atoms with van der Waals surface area (Å²) in [5.74, 6) is -2.16. The maximum Gasteiger partial charge on any atom is 0.219 e.